The number of amides is 1. The Morgan fingerprint density at radius 1 is 1.50 bits per heavy atom. The van der Waals surface area contributed by atoms with Crippen molar-refractivity contribution in [2.24, 2.45) is 11.1 Å². The van der Waals surface area contributed by atoms with Crippen LogP contribution in [-0.4, -0.2) is 22.4 Å². The summed E-state index contributed by atoms with van der Waals surface area (Å²) in [5.74, 6) is -0.0304. The molecule has 3 N–H and O–H groups in total. The van der Waals surface area contributed by atoms with Crippen molar-refractivity contribution in [2.75, 3.05) is 6.54 Å². The fraction of sp³-hybridized carbons (Fsp3) is 0.462. The van der Waals surface area contributed by atoms with Crippen LogP contribution in [0.5, 0.6) is 0 Å². The van der Waals surface area contributed by atoms with E-state index < -0.39 is 5.41 Å². The topological polar surface area (TPSA) is 68.0 Å². The maximum atomic E-state index is 12.1. The molecule has 0 spiro atoms. The molecular formula is C13H17N3OS. The first-order chi connectivity index (χ1) is 8.65. The predicted octanol–water partition coefficient (Wildman–Crippen LogP) is 1.20. The highest BCUT2D eigenvalue weighted by Gasteiger charge is 2.46. The highest BCUT2D eigenvalue weighted by atomic mass is 32.1. The van der Waals surface area contributed by atoms with Crippen LogP contribution in [0.2, 0.25) is 0 Å². The van der Waals surface area contributed by atoms with Gasteiger partial charge in [-0.2, -0.15) is 0 Å². The van der Waals surface area contributed by atoms with Gasteiger partial charge in [0.1, 0.15) is 0 Å². The monoisotopic (exact) mass is 263 g/mol. The van der Waals surface area contributed by atoms with Crippen LogP contribution in [0.4, 0.5) is 0 Å². The van der Waals surface area contributed by atoms with E-state index in [1.54, 1.807) is 6.20 Å². The van der Waals surface area contributed by atoms with E-state index in [9.17, 15) is 4.79 Å². The molecule has 1 aromatic heterocycles. The summed E-state index contributed by atoms with van der Waals surface area (Å²) in [6.45, 7) is 0.570. The summed E-state index contributed by atoms with van der Waals surface area (Å²) in [6, 6.07) is 5.75. The van der Waals surface area contributed by atoms with Crippen molar-refractivity contribution < 1.29 is 4.79 Å². The number of carbonyl (C=O) groups is 1. The van der Waals surface area contributed by atoms with E-state index in [0.717, 1.165) is 31.4 Å². The normalized spacial score (nSPS) is 16.7. The van der Waals surface area contributed by atoms with Crippen LogP contribution in [0, 0.1) is 5.41 Å². The third kappa shape index (κ3) is 2.51. The van der Waals surface area contributed by atoms with Gasteiger partial charge >= 0.3 is 0 Å². The van der Waals surface area contributed by atoms with Crippen molar-refractivity contribution in [1.29, 1.82) is 0 Å². The Kier molecular flexibility index (Phi) is 3.91. The smallest absolute Gasteiger partial charge is 0.233 e. The van der Waals surface area contributed by atoms with Crippen molar-refractivity contribution in [1.82, 2.24) is 10.3 Å². The minimum atomic E-state index is -0.584. The minimum Gasteiger partial charge on any atom is -0.392 e. The summed E-state index contributed by atoms with van der Waals surface area (Å²) >= 11 is 5.01. The van der Waals surface area contributed by atoms with E-state index in [1.165, 1.54) is 0 Å². The van der Waals surface area contributed by atoms with Crippen molar-refractivity contribution in [3.05, 3.63) is 30.1 Å². The summed E-state index contributed by atoms with van der Waals surface area (Å²) in [5.41, 5.74) is 6.06. The van der Waals surface area contributed by atoms with Crippen molar-refractivity contribution >= 4 is 23.1 Å². The molecule has 96 valence electrons. The molecule has 0 radical (unpaired) electrons. The quantitative estimate of drug-likeness (QED) is 0.783. The maximum Gasteiger partial charge on any atom is 0.233 e. The second-order valence-corrected chi connectivity index (χ2v) is 5.07. The molecule has 4 nitrogen and oxygen atoms in total. The number of thiocarbonyl (C=S) groups is 1. The second kappa shape index (κ2) is 5.44. The first kappa shape index (κ1) is 13.0. The van der Waals surface area contributed by atoms with Gasteiger partial charge in [-0.05, 0) is 25.0 Å². The van der Waals surface area contributed by atoms with Gasteiger partial charge in [-0.1, -0.05) is 24.7 Å². The van der Waals surface area contributed by atoms with Crippen molar-refractivity contribution in [3.63, 3.8) is 0 Å². The van der Waals surface area contributed by atoms with E-state index >= 15 is 0 Å². The maximum absolute atomic E-state index is 12.1. The molecule has 0 aromatic carbocycles. The van der Waals surface area contributed by atoms with Crippen molar-refractivity contribution in [2.45, 2.75) is 25.7 Å². The molecule has 5 heteroatoms. The summed E-state index contributed by atoms with van der Waals surface area (Å²) in [5, 5.41) is 2.91. The molecule has 1 aliphatic rings. The molecule has 1 aliphatic carbocycles. The third-order valence-corrected chi connectivity index (χ3v) is 3.90. The van der Waals surface area contributed by atoms with Crippen LogP contribution >= 0.6 is 12.2 Å². The van der Waals surface area contributed by atoms with Crippen LogP contribution in [0.15, 0.2) is 24.4 Å². The Bertz CT molecular complexity index is 443. The van der Waals surface area contributed by atoms with Crippen molar-refractivity contribution in [3.8, 4) is 0 Å². The number of nitrogens with zero attached hydrogens (tertiary/aromatic N) is 1. The summed E-state index contributed by atoms with van der Waals surface area (Å²) in [7, 11) is 0. The molecule has 1 heterocycles. The minimum absolute atomic E-state index is 0.0304. The number of carbonyl (C=O) groups excluding carboxylic acids is 1. The average Bonchev–Trinajstić information content (AvgIpc) is 2.28. The molecule has 2 rings (SSSR count). The molecule has 18 heavy (non-hydrogen) atoms. The first-order valence-electron chi connectivity index (χ1n) is 6.13. The Morgan fingerprint density at radius 3 is 2.78 bits per heavy atom. The Labute approximate surface area is 112 Å². The molecule has 0 bridgehead atoms. The van der Waals surface area contributed by atoms with Gasteiger partial charge in [-0.15, -0.1) is 0 Å². The van der Waals surface area contributed by atoms with Crippen LogP contribution in [0.25, 0.3) is 0 Å². The van der Waals surface area contributed by atoms with Gasteiger partial charge in [0.25, 0.3) is 0 Å². The van der Waals surface area contributed by atoms with Gasteiger partial charge in [-0.3, -0.25) is 9.78 Å². The van der Waals surface area contributed by atoms with Crippen LogP contribution in [-0.2, 0) is 11.2 Å². The summed E-state index contributed by atoms with van der Waals surface area (Å²) in [4.78, 5) is 16.6. The van der Waals surface area contributed by atoms with Gasteiger partial charge in [0, 0.05) is 24.9 Å². The van der Waals surface area contributed by atoms with E-state index in [0.29, 0.717) is 11.5 Å². The van der Waals surface area contributed by atoms with Crippen LogP contribution in [0.3, 0.4) is 0 Å². The van der Waals surface area contributed by atoms with Crippen LogP contribution < -0.4 is 11.1 Å². The second-order valence-electron chi connectivity index (χ2n) is 4.63. The molecule has 1 amide bonds. The fourth-order valence-electron chi connectivity index (χ4n) is 2.13. The molecule has 1 aromatic rings. The van der Waals surface area contributed by atoms with Gasteiger partial charge in [0.05, 0.1) is 10.4 Å². The number of aromatic nitrogens is 1. The summed E-state index contributed by atoms with van der Waals surface area (Å²) in [6.07, 6.45) is 5.04. The van der Waals surface area contributed by atoms with E-state index in [4.69, 9.17) is 18.0 Å². The van der Waals surface area contributed by atoms with Gasteiger partial charge in [0.2, 0.25) is 5.91 Å². The number of hydrogen-bond acceptors (Lipinski definition) is 3. The van der Waals surface area contributed by atoms with E-state index in [1.807, 2.05) is 18.2 Å². The molecule has 0 aliphatic heterocycles. The van der Waals surface area contributed by atoms with Gasteiger partial charge in [-0.25, -0.2) is 0 Å². The zero-order valence-corrected chi connectivity index (χ0v) is 11.0. The highest BCUT2D eigenvalue weighted by Crippen LogP contribution is 2.41. The molecule has 1 saturated carbocycles. The largest absolute Gasteiger partial charge is 0.392 e. The standard InChI is InChI=1S/C13H17N3OS/c14-11(18)13(6-3-7-13)12(17)16-9-5-10-4-1-2-8-15-10/h1-2,4,8H,3,5-7,9H2,(H2,14,18)(H,16,17). The fourth-order valence-corrected chi connectivity index (χ4v) is 2.43. The lowest BCUT2D eigenvalue weighted by Gasteiger charge is -2.39. The zero-order valence-electron chi connectivity index (χ0n) is 10.2. The van der Waals surface area contributed by atoms with E-state index in [2.05, 4.69) is 10.3 Å². The summed E-state index contributed by atoms with van der Waals surface area (Å²) < 4.78 is 0. The lowest BCUT2D eigenvalue weighted by molar-refractivity contribution is -0.130. The average molecular weight is 263 g/mol. The molecule has 0 saturated heterocycles. The third-order valence-electron chi connectivity index (χ3n) is 3.51. The Balaban J connectivity index is 1.84. The van der Waals surface area contributed by atoms with E-state index in [-0.39, 0.29) is 5.91 Å². The van der Waals surface area contributed by atoms with Gasteiger partial charge in [0.15, 0.2) is 0 Å². The first-order valence-corrected chi connectivity index (χ1v) is 6.54. The number of nitrogens with two attached hydrogens (primary N) is 1. The lowest BCUT2D eigenvalue weighted by Crippen LogP contribution is -2.53. The number of hydrogen-bond donors (Lipinski definition) is 2. The highest BCUT2D eigenvalue weighted by molar-refractivity contribution is 7.80. The predicted molar refractivity (Wildman–Crippen MR) is 74.0 cm³/mol. The number of nitrogens with one attached hydrogen (secondary N) is 1. The Morgan fingerprint density at radius 2 is 2.28 bits per heavy atom. The number of rotatable bonds is 5. The molecule has 0 atom stereocenters. The van der Waals surface area contributed by atoms with Crippen LogP contribution in [0.1, 0.15) is 25.0 Å². The zero-order chi connectivity index (χ0) is 13.0. The Hall–Kier alpha value is -1.49. The molecule has 1 fully saturated rings. The lowest BCUT2D eigenvalue weighted by atomic mass is 9.68. The van der Waals surface area contributed by atoms with Gasteiger partial charge < -0.3 is 11.1 Å². The SMILES string of the molecule is NC(=S)C1(C(=O)NCCc2ccccn2)CCC1. The number of pyridine rings is 1. The molecular weight excluding hydrogens is 246 g/mol. The molecule has 0 unspecified atom stereocenters.